The number of ether oxygens (including phenoxy) is 1. The van der Waals surface area contributed by atoms with Crippen molar-refractivity contribution < 1.29 is 13.9 Å². The Morgan fingerprint density at radius 2 is 1.83 bits per heavy atom. The van der Waals surface area contributed by atoms with E-state index in [2.05, 4.69) is 15.3 Å². The second-order valence-electron chi connectivity index (χ2n) is 8.14. The highest BCUT2D eigenvalue weighted by molar-refractivity contribution is 5.78. The number of oxazole rings is 1. The summed E-state index contributed by atoms with van der Waals surface area (Å²) in [5.41, 5.74) is 5.02. The molecule has 0 fully saturated rings. The summed E-state index contributed by atoms with van der Waals surface area (Å²) in [5, 5.41) is 2.76. The van der Waals surface area contributed by atoms with Crippen molar-refractivity contribution in [1.29, 1.82) is 0 Å². The lowest BCUT2D eigenvalue weighted by atomic mass is 10.0. The molecule has 35 heavy (non-hydrogen) atoms. The summed E-state index contributed by atoms with van der Waals surface area (Å²) in [6.45, 7) is 3.80. The lowest BCUT2D eigenvalue weighted by molar-refractivity contribution is 0.196. The summed E-state index contributed by atoms with van der Waals surface area (Å²) < 4.78 is 12.5. The minimum absolute atomic E-state index is 0.277. The molecule has 0 aliphatic rings. The monoisotopic (exact) mass is 466 g/mol. The number of amides is 1. The predicted molar refractivity (Wildman–Crippen MR) is 132 cm³/mol. The van der Waals surface area contributed by atoms with Crippen LogP contribution in [0.5, 0.6) is 5.75 Å². The average Bonchev–Trinajstić information content (AvgIpc) is 3.20. The van der Waals surface area contributed by atoms with Crippen molar-refractivity contribution in [3.8, 4) is 22.6 Å². The lowest BCUT2D eigenvalue weighted by Gasteiger charge is -2.14. The molecule has 3 aromatic carbocycles. The summed E-state index contributed by atoms with van der Waals surface area (Å²) in [4.78, 5) is 33.7. The fraction of sp³-hybridized carbons (Fsp3) is 0.111. The Labute approximate surface area is 200 Å². The summed E-state index contributed by atoms with van der Waals surface area (Å²) >= 11 is 0. The van der Waals surface area contributed by atoms with Crippen LogP contribution in [0.15, 0.2) is 94.5 Å². The van der Waals surface area contributed by atoms with Crippen LogP contribution in [-0.4, -0.2) is 20.6 Å². The van der Waals surface area contributed by atoms with E-state index in [1.54, 1.807) is 55.8 Å². The lowest BCUT2D eigenvalue weighted by Crippen LogP contribution is -2.30. The van der Waals surface area contributed by atoms with Gasteiger partial charge in [-0.15, -0.1) is 0 Å². The summed E-state index contributed by atoms with van der Waals surface area (Å²) in [7, 11) is 0. The van der Waals surface area contributed by atoms with E-state index in [0.29, 0.717) is 22.5 Å². The Morgan fingerprint density at radius 3 is 2.60 bits per heavy atom. The van der Waals surface area contributed by atoms with Crippen LogP contribution in [0.2, 0.25) is 0 Å². The molecular formula is C27H22N4O4. The number of hydrogen-bond acceptors (Lipinski definition) is 6. The molecule has 1 amide bonds. The maximum absolute atomic E-state index is 12.7. The Kier molecular flexibility index (Phi) is 5.85. The van der Waals surface area contributed by atoms with E-state index in [1.807, 2.05) is 43.3 Å². The SMILES string of the molecule is Cc1ccc(-c2cc(OC(=O)NC(C)c3cnccn3)cc(-n3c(=O)oc4ccccc43)c2)cc1. The van der Waals surface area contributed by atoms with Crippen LogP contribution in [0.4, 0.5) is 4.79 Å². The van der Waals surface area contributed by atoms with Gasteiger partial charge in [0.2, 0.25) is 0 Å². The van der Waals surface area contributed by atoms with Gasteiger partial charge in [-0.25, -0.2) is 14.2 Å². The number of aryl methyl sites for hydroxylation is 1. The number of benzene rings is 3. The van der Waals surface area contributed by atoms with Gasteiger partial charge in [0.25, 0.3) is 0 Å². The number of carbonyl (C=O) groups is 1. The van der Waals surface area contributed by atoms with E-state index in [-0.39, 0.29) is 5.75 Å². The van der Waals surface area contributed by atoms with Crippen molar-refractivity contribution in [1.82, 2.24) is 19.9 Å². The molecule has 0 bridgehead atoms. The molecule has 0 aliphatic carbocycles. The molecule has 0 radical (unpaired) electrons. The summed E-state index contributed by atoms with van der Waals surface area (Å²) in [6, 6.07) is 20.0. The fourth-order valence-corrected chi connectivity index (χ4v) is 3.82. The van der Waals surface area contributed by atoms with Crippen LogP contribution in [0.25, 0.3) is 27.9 Å². The molecular weight excluding hydrogens is 444 g/mol. The third-order valence-electron chi connectivity index (χ3n) is 5.59. The van der Waals surface area contributed by atoms with Crippen LogP contribution in [0, 0.1) is 6.92 Å². The van der Waals surface area contributed by atoms with Gasteiger partial charge in [-0.1, -0.05) is 42.0 Å². The first-order chi connectivity index (χ1) is 17.0. The third kappa shape index (κ3) is 4.67. The van der Waals surface area contributed by atoms with E-state index in [9.17, 15) is 9.59 Å². The van der Waals surface area contributed by atoms with Gasteiger partial charge in [0, 0.05) is 18.5 Å². The number of nitrogens with one attached hydrogen (secondary N) is 1. The van der Waals surface area contributed by atoms with Crippen molar-refractivity contribution >= 4 is 17.2 Å². The quantitative estimate of drug-likeness (QED) is 0.382. The molecule has 2 heterocycles. The van der Waals surface area contributed by atoms with E-state index in [1.165, 1.54) is 4.57 Å². The van der Waals surface area contributed by atoms with E-state index in [0.717, 1.165) is 16.7 Å². The molecule has 0 saturated carbocycles. The highest BCUT2D eigenvalue weighted by Gasteiger charge is 2.16. The summed E-state index contributed by atoms with van der Waals surface area (Å²) in [6.07, 6.45) is 4.05. The molecule has 0 spiro atoms. The number of aromatic nitrogens is 3. The number of rotatable bonds is 5. The van der Waals surface area contributed by atoms with Gasteiger partial charge in [-0.3, -0.25) is 9.97 Å². The molecule has 5 rings (SSSR count). The van der Waals surface area contributed by atoms with Crippen molar-refractivity contribution in [3.63, 3.8) is 0 Å². The molecule has 1 atom stereocenters. The predicted octanol–water partition coefficient (Wildman–Crippen LogP) is 5.20. The van der Waals surface area contributed by atoms with Gasteiger partial charge in [0.15, 0.2) is 5.58 Å². The first-order valence-corrected chi connectivity index (χ1v) is 11.1. The summed E-state index contributed by atoms with van der Waals surface area (Å²) in [5.74, 6) is -0.252. The number of nitrogens with zero attached hydrogens (tertiary/aromatic N) is 3. The van der Waals surface area contributed by atoms with Crippen LogP contribution >= 0.6 is 0 Å². The normalized spacial score (nSPS) is 11.8. The zero-order valence-electron chi connectivity index (χ0n) is 19.1. The van der Waals surface area contributed by atoms with Gasteiger partial charge in [-0.2, -0.15) is 0 Å². The fourth-order valence-electron chi connectivity index (χ4n) is 3.82. The Balaban J connectivity index is 1.53. The molecule has 1 N–H and O–H groups in total. The van der Waals surface area contributed by atoms with Gasteiger partial charge < -0.3 is 14.5 Å². The topological polar surface area (TPSA) is 99.2 Å². The second-order valence-corrected chi connectivity index (χ2v) is 8.14. The minimum Gasteiger partial charge on any atom is -0.410 e. The van der Waals surface area contributed by atoms with Crippen molar-refractivity contribution in [2.75, 3.05) is 0 Å². The Hall–Kier alpha value is -4.72. The van der Waals surface area contributed by atoms with Crippen LogP contribution in [0.3, 0.4) is 0 Å². The highest BCUT2D eigenvalue weighted by Crippen LogP contribution is 2.30. The first-order valence-electron chi connectivity index (χ1n) is 11.1. The van der Waals surface area contributed by atoms with Crippen LogP contribution in [-0.2, 0) is 0 Å². The van der Waals surface area contributed by atoms with Crippen molar-refractivity contribution in [2.24, 2.45) is 0 Å². The third-order valence-corrected chi connectivity index (χ3v) is 5.59. The minimum atomic E-state index is -0.653. The molecule has 5 aromatic rings. The highest BCUT2D eigenvalue weighted by atomic mass is 16.6. The molecule has 8 nitrogen and oxygen atoms in total. The van der Waals surface area contributed by atoms with Gasteiger partial charge >= 0.3 is 11.8 Å². The average molecular weight is 466 g/mol. The number of carbonyl (C=O) groups excluding carboxylic acids is 1. The number of hydrogen-bond donors (Lipinski definition) is 1. The molecule has 174 valence electrons. The maximum atomic E-state index is 12.7. The van der Waals surface area contributed by atoms with Crippen LogP contribution in [0.1, 0.15) is 24.2 Å². The van der Waals surface area contributed by atoms with Crippen molar-refractivity contribution in [3.05, 3.63) is 107 Å². The van der Waals surface area contributed by atoms with E-state index >= 15 is 0 Å². The number of para-hydroxylation sites is 2. The maximum Gasteiger partial charge on any atom is 0.424 e. The zero-order chi connectivity index (χ0) is 24.4. The van der Waals surface area contributed by atoms with Gasteiger partial charge in [-0.05, 0) is 49.2 Å². The standard InChI is InChI=1S/C27H22N4O4/c1-17-7-9-19(10-8-17)20-13-21(31-24-5-3-4-6-25(24)35-27(31)33)15-22(14-20)34-26(32)30-18(2)23-16-28-11-12-29-23/h3-16,18H,1-2H3,(H,30,32). The molecule has 1 unspecified atom stereocenters. The zero-order valence-corrected chi connectivity index (χ0v) is 19.1. The second kappa shape index (κ2) is 9.26. The van der Waals surface area contributed by atoms with Gasteiger partial charge in [0.1, 0.15) is 5.75 Å². The Morgan fingerprint density at radius 1 is 1.03 bits per heavy atom. The molecule has 2 aromatic heterocycles. The van der Waals surface area contributed by atoms with Crippen LogP contribution < -0.4 is 15.8 Å². The van der Waals surface area contributed by atoms with E-state index in [4.69, 9.17) is 9.15 Å². The molecule has 8 heteroatoms. The first kappa shape index (κ1) is 22.1. The molecule has 0 saturated heterocycles. The molecule has 0 aliphatic heterocycles. The Bertz CT molecular complexity index is 1560. The van der Waals surface area contributed by atoms with Crippen molar-refractivity contribution in [2.45, 2.75) is 19.9 Å². The smallest absolute Gasteiger partial charge is 0.410 e. The number of fused-ring (bicyclic) bond motifs is 1. The van der Waals surface area contributed by atoms with E-state index < -0.39 is 17.9 Å². The largest absolute Gasteiger partial charge is 0.424 e. The van der Waals surface area contributed by atoms with Gasteiger partial charge in [0.05, 0.1) is 29.1 Å².